The van der Waals surface area contributed by atoms with Gasteiger partial charge in [0.25, 0.3) is 0 Å². The van der Waals surface area contributed by atoms with Crippen LogP contribution in [0, 0.1) is 6.92 Å². The fraction of sp³-hybridized carbons (Fsp3) is 0.333. The van der Waals surface area contributed by atoms with Gasteiger partial charge in [0.1, 0.15) is 0 Å². The van der Waals surface area contributed by atoms with Gasteiger partial charge in [0.05, 0.1) is 5.25 Å². The van der Waals surface area contributed by atoms with Gasteiger partial charge in [-0.2, -0.15) is 4.98 Å². The van der Waals surface area contributed by atoms with Crippen LogP contribution in [-0.2, 0) is 5.75 Å². The molecule has 0 saturated carbocycles. The number of halogens is 1. The lowest BCUT2D eigenvalue weighted by molar-refractivity contribution is 0.376. The van der Waals surface area contributed by atoms with E-state index in [9.17, 15) is 0 Å². The first-order valence-electron chi connectivity index (χ1n) is 5.31. The molecular weight excluding hydrogens is 300 g/mol. The van der Waals surface area contributed by atoms with Crippen LogP contribution in [0.3, 0.4) is 0 Å². The van der Waals surface area contributed by atoms with E-state index in [1.165, 1.54) is 5.56 Å². The first kappa shape index (κ1) is 12.6. The summed E-state index contributed by atoms with van der Waals surface area (Å²) in [5.74, 6) is 2.32. The van der Waals surface area contributed by atoms with E-state index in [2.05, 4.69) is 45.1 Å². The Morgan fingerprint density at radius 2 is 2.29 bits per heavy atom. The summed E-state index contributed by atoms with van der Waals surface area (Å²) in [7, 11) is 0. The summed E-state index contributed by atoms with van der Waals surface area (Å²) in [6, 6.07) is 8.31. The van der Waals surface area contributed by atoms with Crippen LogP contribution in [0.4, 0.5) is 0 Å². The zero-order valence-corrected chi connectivity index (χ0v) is 12.1. The summed E-state index contributed by atoms with van der Waals surface area (Å²) in [5, 5.41) is 4.02. The van der Waals surface area contributed by atoms with Crippen LogP contribution in [0.25, 0.3) is 0 Å². The topological polar surface area (TPSA) is 38.9 Å². The highest BCUT2D eigenvalue weighted by Crippen LogP contribution is 2.30. The van der Waals surface area contributed by atoms with Crippen LogP contribution in [0.2, 0.25) is 0 Å². The molecule has 90 valence electrons. The van der Waals surface area contributed by atoms with Gasteiger partial charge < -0.3 is 4.52 Å². The number of aryl methyl sites for hydroxylation is 1. The van der Waals surface area contributed by atoms with E-state index in [1.54, 1.807) is 11.8 Å². The van der Waals surface area contributed by atoms with Gasteiger partial charge in [-0.05, 0) is 31.5 Å². The molecular formula is C12H13BrN2OS. The molecule has 3 nitrogen and oxygen atoms in total. The van der Waals surface area contributed by atoms with Gasteiger partial charge >= 0.3 is 0 Å². The Kier molecular flexibility index (Phi) is 4.23. The second-order valence-electron chi connectivity index (χ2n) is 3.76. The first-order chi connectivity index (χ1) is 8.15. The minimum Gasteiger partial charge on any atom is -0.338 e. The molecule has 0 aliphatic carbocycles. The van der Waals surface area contributed by atoms with E-state index in [0.29, 0.717) is 11.7 Å². The molecule has 1 unspecified atom stereocenters. The molecule has 0 saturated heterocycles. The van der Waals surface area contributed by atoms with E-state index in [0.717, 1.165) is 10.2 Å². The van der Waals surface area contributed by atoms with Crippen molar-refractivity contribution >= 4 is 27.7 Å². The van der Waals surface area contributed by atoms with Gasteiger partial charge in [-0.25, -0.2) is 0 Å². The largest absolute Gasteiger partial charge is 0.338 e. The minimum absolute atomic E-state index is 0.218. The van der Waals surface area contributed by atoms with Crippen molar-refractivity contribution in [2.24, 2.45) is 0 Å². The van der Waals surface area contributed by atoms with Crippen molar-refractivity contribution in [3.8, 4) is 0 Å². The van der Waals surface area contributed by atoms with Crippen LogP contribution in [0.15, 0.2) is 33.3 Å². The third-order valence-corrected chi connectivity index (χ3v) is 3.97. The lowest BCUT2D eigenvalue weighted by atomic mass is 10.2. The van der Waals surface area contributed by atoms with Crippen molar-refractivity contribution in [1.82, 2.24) is 10.1 Å². The summed E-state index contributed by atoms with van der Waals surface area (Å²) in [6.07, 6.45) is 0. The smallest absolute Gasteiger partial charge is 0.239 e. The highest BCUT2D eigenvalue weighted by Gasteiger charge is 2.13. The number of aromatic nitrogens is 2. The quantitative estimate of drug-likeness (QED) is 0.850. The van der Waals surface area contributed by atoms with Gasteiger partial charge in [-0.1, -0.05) is 33.2 Å². The van der Waals surface area contributed by atoms with Crippen LogP contribution >= 0.6 is 27.7 Å². The number of hydrogen-bond donors (Lipinski definition) is 0. The lowest BCUT2D eigenvalue weighted by Crippen LogP contribution is -1.90. The molecule has 1 aromatic carbocycles. The Balaban J connectivity index is 1.94. The van der Waals surface area contributed by atoms with Crippen molar-refractivity contribution in [2.75, 3.05) is 0 Å². The lowest BCUT2D eigenvalue weighted by Gasteiger charge is -2.06. The molecule has 0 N–H and O–H groups in total. The van der Waals surface area contributed by atoms with E-state index < -0.39 is 0 Å². The van der Waals surface area contributed by atoms with Crippen molar-refractivity contribution in [1.29, 1.82) is 0 Å². The number of benzene rings is 1. The molecule has 0 radical (unpaired) electrons. The van der Waals surface area contributed by atoms with Crippen molar-refractivity contribution < 1.29 is 4.52 Å². The van der Waals surface area contributed by atoms with Crippen molar-refractivity contribution in [3.05, 3.63) is 46.0 Å². The number of thioether (sulfide) groups is 1. The molecule has 1 atom stereocenters. The molecule has 0 aliphatic heterocycles. The third-order valence-electron chi connectivity index (χ3n) is 2.28. The molecule has 0 bridgehead atoms. The van der Waals surface area contributed by atoms with Crippen molar-refractivity contribution in [2.45, 2.75) is 24.9 Å². The molecule has 5 heteroatoms. The first-order valence-corrected chi connectivity index (χ1v) is 7.15. The molecule has 2 rings (SSSR count). The predicted molar refractivity (Wildman–Crippen MR) is 72.9 cm³/mol. The maximum atomic E-state index is 5.15. The summed E-state index contributed by atoms with van der Waals surface area (Å²) in [5.41, 5.74) is 1.28. The Morgan fingerprint density at radius 3 is 2.94 bits per heavy atom. The normalized spacial score (nSPS) is 12.6. The summed E-state index contributed by atoms with van der Waals surface area (Å²) in [4.78, 5) is 4.23. The molecule has 0 aliphatic rings. The predicted octanol–water partition coefficient (Wildman–Crippen LogP) is 4.13. The molecule has 0 amide bonds. The Bertz CT molecular complexity index is 501. The second-order valence-corrected chi connectivity index (χ2v) is 6.01. The van der Waals surface area contributed by atoms with Gasteiger partial charge in [0, 0.05) is 10.2 Å². The van der Waals surface area contributed by atoms with Crippen LogP contribution in [0.1, 0.15) is 29.5 Å². The van der Waals surface area contributed by atoms with E-state index in [-0.39, 0.29) is 5.25 Å². The van der Waals surface area contributed by atoms with Gasteiger partial charge in [0.15, 0.2) is 5.82 Å². The standard InChI is InChI=1S/C12H13BrN2OS/c1-8(12-14-9(2)15-16-12)17-7-10-4-3-5-11(13)6-10/h3-6,8H,7H2,1-2H3. The van der Waals surface area contributed by atoms with Crippen LogP contribution < -0.4 is 0 Å². The number of rotatable bonds is 4. The Labute approximate surface area is 113 Å². The number of nitrogens with zero attached hydrogens (tertiary/aromatic N) is 2. The van der Waals surface area contributed by atoms with Crippen LogP contribution in [-0.4, -0.2) is 10.1 Å². The molecule has 0 spiro atoms. The van der Waals surface area contributed by atoms with E-state index in [4.69, 9.17) is 4.52 Å². The highest BCUT2D eigenvalue weighted by molar-refractivity contribution is 9.10. The molecule has 2 aromatic rings. The summed E-state index contributed by atoms with van der Waals surface area (Å²) < 4.78 is 6.26. The van der Waals surface area contributed by atoms with E-state index in [1.807, 2.05) is 19.1 Å². The Hall–Kier alpha value is -0.810. The SMILES string of the molecule is Cc1noc(C(C)SCc2cccc(Br)c2)n1. The number of hydrogen-bond acceptors (Lipinski definition) is 4. The van der Waals surface area contributed by atoms with Gasteiger partial charge in [-0.3, -0.25) is 0 Å². The average Bonchev–Trinajstić information content (AvgIpc) is 2.73. The Morgan fingerprint density at radius 1 is 1.47 bits per heavy atom. The van der Waals surface area contributed by atoms with E-state index >= 15 is 0 Å². The molecule has 0 fully saturated rings. The fourth-order valence-corrected chi connectivity index (χ4v) is 2.70. The zero-order chi connectivity index (χ0) is 12.3. The average molecular weight is 313 g/mol. The van der Waals surface area contributed by atoms with Gasteiger partial charge in [-0.15, -0.1) is 11.8 Å². The maximum Gasteiger partial charge on any atom is 0.239 e. The highest BCUT2D eigenvalue weighted by atomic mass is 79.9. The molecule has 1 aromatic heterocycles. The second kappa shape index (κ2) is 5.69. The third kappa shape index (κ3) is 3.57. The molecule has 1 heterocycles. The van der Waals surface area contributed by atoms with Crippen molar-refractivity contribution in [3.63, 3.8) is 0 Å². The summed E-state index contributed by atoms with van der Waals surface area (Å²) in [6.45, 7) is 3.91. The monoisotopic (exact) mass is 312 g/mol. The minimum atomic E-state index is 0.218. The van der Waals surface area contributed by atoms with Gasteiger partial charge in [0.2, 0.25) is 5.89 Å². The van der Waals surface area contributed by atoms with Crippen LogP contribution in [0.5, 0.6) is 0 Å². The summed E-state index contributed by atoms with van der Waals surface area (Å²) >= 11 is 5.25. The fourth-order valence-electron chi connectivity index (χ4n) is 1.40. The maximum absolute atomic E-state index is 5.15. The zero-order valence-electron chi connectivity index (χ0n) is 9.68. The molecule has 17 heavy (non-hydrogen) atoms.